The number of carbonyl (C=O) groups is 1. The van der Waals surface area contributed by atoms with Gasteiger partial charge in [0.25, 0.3) is 0 Å². The van der Waals surface area contributed by atoms with Crippen LogP contribution in [0, 0.1) is 11.3 Å². The Morgan fingerprint density at radius 2 is 2.11 bits per heavy atom. The Kier molecular flexibility index (Phi) is 5.60. The van der Waals surface area contributed by atoms with Gasteiger partial charge in [0.1, 0.15) is 0 Å². The molecule has 1 N–H and O–H groups in total. The van der Waals surface area contributed by atoms with Crippen molar-refractivity contribution >= 4 is 5.97 Å². The first kappa shape index (κ1) is 15.4. The van der Waals surface area contributed by atoms with E-state index in [1.165, 1.54) is 6.42 Å². The lowest BCUT2D eigenvalue weighted by Crippen LogP contribution is -2.46. The molecule has 0 aromatic rings. The van der Waals surface area contributed by atoms with E-state index >= 15 is 0 Å². The zero-order chi connectivity index (χ0) is 13.8. The highest BCUT2D eigenvalue weighted by Gasteiger charge is 2.36. The Hall–Kier alpha value is -0.610. The van der Waals surface area contributed by atoms with E-state index in [-0.39, 0.29) is 5.41 Å². The first-order valence-corrected chi connectivity index (χ1v) is 6.90. The molecular formula is C14H28N2O2. The molecule has 0 aromatic heterocycles. The lowest BCUT2D eigenvalue weighted by atomic mass is 9.72. The lowest BCUT2D eigenvalue weighted by Gasteiger charge is -2.44. The minimum absolute atomic E-state index is 0.120. The fourth-order valence-electron chi connectivity index (χ4n) is 2.90. The summed E-state index contributed by atoms with van der Waals surface area (Å²) in [6.07, 6.45) is 2.52. The van der Waals surface area contributed by atoms with Gasteiger partial charge in [-0.15, -0.1) is 0 Å². The molecule has 1 saturated heterocycles. The standard InChI is InChI=1S/C14H28N2O2/c1-14(2)11-16(8-5-7-15(3)4)9-6-12(14)10-13(17)18/h12H,5-11H2,1-4H3,(H,17,18). The van der Waals surface area contributed by atoms with Crippen LogP contribution in [-0.4, -0.2) is 61.2 Å². The maximum absolute atomic E-state index is 10.9. The first-order chi connectivity index (χ1) is 8.31. The predicted molar refractivity (Wildman–Crippen MR) is 73.8 cm³/mol. The number of carboxylic acids is 1. The number of hydrogen-bond donors (Lipinski definition) is 1. The molecule has 1 atom stereocenters. The highest BCUT2D eigenvalue weighted by atomic mass is 16.4. The summed E-state index contributed by atoms with van der Waals surface area (Å²) in [5.41, 5.74) is 0.120. The van der Waals surface area contributed by atoms with Gasteiger partial charge in [0, 0.05) is 13.0 Å². The number of hydrogen-bond acceptors (Lipinski definition) is 3. The second-order valence-corrected chi connectivity index (χ2v) is 6.51. The Morgan fingerprint density at radius 3 is 2.61 bits per heavy atom. The minimum Gasteiger partial charge on any atom is -0.481 e. The molecular weight excluding hydrogens is 228 g/mol. The fraction of sp³-hybridized carbons (Fsp3) is 0.929. The van der Waals surface area contributed by atoms with E-state index in [4.69, 9.17) is 5.11 Å². The van der Waals surface area contributed by atoms with Gasteiger partial charge in [-0.1, -0.05) is 13.8 Å². The number of carboxylic acid groups (broad SMARTS) is 1. The molecule has 1 rings (SSSR count). The summed E-state index contributed by atoms with van der Waals surface area (Å²) in [7, 11) is 4.20. The highest BCUT2D eigenvalue weighted by Crippen LogP contribution is 2.36. The number of aliphatic carboxylic acids is 1. The van der Waals surface area contributed by atoms with Crippen molar-refractivity contribution in [1.82, 2.24) is 9.80 Å². The van der Waals surface area contributed by atoms with Crippen molar-refractivity contribution in [1.29, 1.82) is 0 Å². The molecule has 1 fully saturated rings. The van der Waals surface area contributed by atoms with Gasteiger partial charge in [0.15, 0.2) is 0 Å². The topological polar surface area (TPSA) is 43.8 Å². The summed E-state index contributed by atoms with van der Waals surface area (Å²) in [4.78, 5) is 15.6. The Bertz CT molecular complexity index is 277. The van der Waals surface area contributed by atoms with Crippen LogP contribution >= 0.6 is 0 Å². The quantitative estimate of drug-likeness (QED) is 0.786. The van der Waals surface area contributed by atoms with Gasteiger partial charge in [-0.3, -0.25) is 4.79 Å². The van der Waals surface area contributed by atoms with Crippen LogP contribution in [0.3, 0.4) is 0 Å². The summed E-state index contributed by atoms with van der Waals surface area (Å²) in [5.74, 6) is -0.339. The molecule has 0 aromatic carbocycles. The third kappa shape index (κ3) is 4.94. The third-order valence-corrected chi connectivity index (χ3v) is 4.03. The molecule has 4 heteroatoms. The zero-order valence-corrected chi connectivity index (χ0v) is 12.3. The third-order valence-electron chi connectivity index (χ3n) is 4.03. The van der Waals surface area contributed by atoms with Crippen molar-refractivity contribution in [2.45, 2.75) is 33.1 Å². The molecule has 0 radical (unpaired) electrons. The van der Waals surface area contributed by atoms with Crippen molar-refractivity contribution in [3.05, 3.63) is 0 Å². The van der Waals surface area contributed by atoms with E-state index in [0.717, 1.165) is 32.6 Å². The summed E-state index contributed by atoms with van der Waals surface area (Å²) in [5, 5.41) is 8.95. The first-order valence-electron chi connectivity index (χ1n) is 6.90. The molecule has 1 heterocycles. The number of likely N-dealkylation sites (tertiary alicyclic amines) is 1. The summed E-state index contributed by atoms with van der Waals surface area (Å²) < 4.78 is 0. The molecule has 0 aliphatic carbocycles. The van der Waals surface area contributed by atoms with Gasteiger partial charge in [-0.25, -0.2) is 0 Å². The van der Waals surface area contributed by atoms with Gasteiger partial charge < -0.3 is 14.9 Å². The van der Waals surface area contributed by atoms with Crippen molar-refractivity contribution in [3.63, 3.8) is 0 Å². The van der Waals surface area contributed by atoms with Crippen LogP contribution in [0.25, 0.3) is 0 Å². The highest BCUT2D eigenvalue weighted by molar-refractivity contribution is 5.67. The number of rotatable bonds is 6. The van der Waals surface area contributed by atoms with E-state index in [1.807, 2.05) is 0 Å². The molecule has 18 heavy (non-hydrogen) atoms. The molecule has 106 valence electrons. The lowest BCUT2D eigenvalue weighted by molar-refractivity contribution is -0.140. The van der Waals surface area contributed by atoms with Crippen LogP contribution in [0.1, 0.15) is 33.1 Å². The molecule has 0 saturated carbocycles. The van der Waals surface area contributed by atoms with Crippen molar-refractivity contribution in [3.8, 4) is 0 Å². The maximum Gasteiger partial charge on any atom is 0.303 e. The molecule has 0 amide bonds. The second-order valence-electron chi connectivity index (χ2n) is 6.51. The van der Waals surface area contributed by atoms with Crippen LogP contribution in [0.4, 0.5) is 0 Å². The van der Waals surface area contributed by atoms with Gasteiger partial charge >= 0.3 is 5.97 Å². The summed E-state index contributed by atoms with van der Waals surface area (Å²) in [6, 6.07) is 0. The Labute approximate surface area is 111 Å². The molecule has 4 nitrogen and oxygen atoms in total. The van der Waals surface area contributed by atoms with Crippen molar-refractivity contribution in [2.24, 2.45) is 11.3 Å². The van der Waals surface area contributed by atoms with E-state index in [2.05, 4.69) is 37.7 Å². The fourth-order valence-corrected chi connectivity index (χ4v) is 2.90. The van der Waals surface area contributed by atoms with Crippen LogP contribution in [0.15, 0.2) is 0 Å². The Balaban J connectivity index is 2.39. The molecule has 1 unspecified atom stereocenters. The van der Waals surface area contributed by atoms with Crippen molar-refractivity contribution < 1.29 is 9.90 Å². The average molecular weight is 256 g/mol. The van der Waals surface area contributed by atoms with Gasteiger partial charge in [-0.2, -0.15) is 0 Å². The average Bonchev–Trinajstić information content (AvgIpc) is 2.20. The van der Waals surface area contributed by atoms with E-state index in [9.17, 15) is 4.79 Å². The van der Waals surface area contributed by atoms with Crippen LogP contribution in [0.5, 0.6) is 0 Å². The zero-order valence-electron chi connectivity index (χ0n) is 12.3. The van der Waals surface area contributed by atoms with Crippen LogP contribution in [-0.2, 0) is 4.79 Å². The van der Waals surface area contributed by atoms with E-state index < -0.39 is 5.97 Å². The number of nitrogens with zero attached hydrogens (tertiary/aromatic N) is 2. The van der Waals surface area contributed by atoms with E-state index in [0.29, 0.717) is 12.3 Å². The normalized spacial score (nSPS) is 24.4. The van der Waals surface area contributed by atoms with Crippen LogP contribution in [0.2, 0.25) is 0 Å². The van der Waals surface area contributed by atoms with Crippen molar-refractivity contribution in [2.75, 3.05) is 40.3 Å². The minimum atomic E-state index is -0.658. The summed E-state index contributed by atoms with van der Waals surface area (Å²) >= 11 is 0. The second kappa shape index (κ2) is 6.53. The molecule has 0 bridgehead atoms. The predicted octanol–water partition coefficient (Wildman–Crippen LogP) is 1.76. The largest absolute Gasteiger partial charge is 0.481 e. The SMILES string of the molecule is CN(C)CCCN1CCC(CC(=O)O)C(C)(C)C1. The number of piperidine rings is 1. The monoisotopic (exact) mass is 256 g/mol. The van der Waals surface area contributed by atoms with E-state index in [1.54, 1.807) is 0 Å². The summed E-state index contributed by atoms with van der Waals surface area (Å²) in [6.45, 7) is 8.74. The Morgan fingerprint density at radius 1 is 1.44 bits per heavy atom. The van der Waals surface area contributed by atoms with Gasteiger partial charge in [-0.05, 0) is 57.9 Å². The molecule has 1 aliphatic rings. The smallest absolute Gasteiger partial charge is 0.303 e. The maximum atomic E-state index is 10.9. The van der Waals surface area contributed by atoms with Gasteiger partial charge in [0.05, 0.1) is 0 Å². The molecule has 1 aliphatic heterocycles. The van der Waals surface area contributed by atoms with Gasteiger partial charge in [0.2, 0.25) is 0 Å². The molecule has 0 spiro atoms. The van der Waals surface area contributed by atoms with Crippen LogP contribution < -0.4 is 0 Å².